The Morgan fingerprint density at radius 2 is 2.06 bits per heavy atom. The van der Waals surface area contributed by atoms with Crippen LogP contribution in [0.25, 0.3) is 6.08 Å². The third kappa shape index (κ3) is 5.72. The van der Waals surface area contributed by atoms with Crippen LogP contribution >= 0.6 is 39.3 Å². The number of aryl methyl sites for hydroxylation is 1. The van der Waals surface area contributed by atoms with Crippen molar-refractivity contribution in [3.05, 3.63) is 97.3 Å². The number of hydrogen-bond donors (Lipinski definition) is 2. The molecule has 0 aliphatic carbocycles. The first kappa shape index (κ1) is 23.2. The maximum absolute atomic E-state index is 12.5. The van der Waals surface area contributed by atoms with Gasteiger partial charge in [-0.3, -0.25) is 4.79 Å². The van der Waals surface area contributed by atoms with Crippen LogP contribution in [0.1, 0.15) is 22.3 Å². The number of rotatable bonds is 6. The van der Waals surface area contributed by atoms with Crippen molar-refractivity contribution in [1.29, 1.82) is 5.26 Å². The molecule has 0 saturated carbocycles. The third-order valence-electron chi connectivity index (χ3n) is 4.98. The molecule has 1 fully saturated rings. The molecule has 2 N–H and O–H groups in total. The molecule has 166 valence electrons. The lowest BCUT2D eigenvalue weighted by atomic mass is 10.1. The summed E-state index contributed by atoms with van der Waals surface area (Å²) in [6, 6.07) is 20.7. The van der Waals surface area contributed by atoms with Crippen LogP contribution in [-0.2, 0) is 11.4 Å². The number of thioether (sulfide) groups is 1. The molecule has 1 heterocycles. The van der Waals surface area contributed by atoms with Gasteiger partial charge in [-0.2, -0.15) is 5.26 Å². The second-order valence-electron chi connectivity index (χ2n) is 7.33. The van der Waals surface area contributed by atoms with Crippen LogP contribution < -0.4 is 15.4 Å². The van der Waals surface area contributed by atoms with Gasteiger partial charge >= 0.3 is 0 Å². The molecule has 33 heavy (non-hydrogen) atoms. The molecule has 0 spiro atoms. The first-order valence-corrected chi connectivity index (χ1v) is 12.1. The zero-order valence-corrected chi connectivity index (χ0v) is 20.7. The smallest absolute Gasteiger partial charge is 0.260 e. The van der Waals surface area contributed by atoms with Gasteiger partial charge < -0.3 is 15.4 Å². The Morgan fingerprint density at radius 3 is 2.82 bits per heavy atom. The van der Waals surface area contributed by atoms with Crippen LogP contribution in [0.2, 0.25) is 5.02 Å². The monoisotopic (exact) mass is 539 g/mol. The number of carbonyl (C=O) groups excluding carboxylic acids is 1. The maximum atomic E-state index is 12.5. The Kier molecular flexibility index (Phi) is 7.29. The Balaban J connectivity index is 1.43. The summed E-state index contributed by atoms with van der Waals surface area (Å²) < 4.78 is 6.66. The van der Waals surface area contributed by atoms with E-state index < -0.39 is 0 Å². The number of carbonyl (C=O) groups is 1. The Labute approximate surface area is 209 Å². The average molecular weight is 541 g/mol. The van der Waals surface area contributed by atoms with E-state index in [1.165, 1.54) is 11.8 Å². The third-order valence-corrected chi connectivity index (χ3v) is 6.86. The van der Waals surface area contributed by atoms with Crippen LogP contribution in [0, 0.1) is 18.3 Å². The molecule has 0 radical (unpaired) electrons. The average Bonchev–Trinajstić information content (AvgIpc) is 3.14. The summed E-state index contributed by atoms with van der Waals surface area (Å²) in [5, 5.41) is 16.2. The lowest BCUT2D eigenvalue weighted by Gasteiger charge is -2.15. The summed E-state index contributed by atoms with van der Waals surface area (Å²) in [5.74, 6) is 0.528. The minimum absolute atomic E-state index is 0.131. The number of anilines is 1. The highest BCUT2D eigenvalue weighted by Crippen LogP contribution is 2.33. The summed E-state index contributed by atoms with van der Waals surface area (Å²) in [5.41, 5.74) is 3.94. The van der Waals surface area contributed by atoms with Gasteiger partial charge in [0.1, 0.15) is 12.4 Å². The number of nitrogens with zero attached hydrogens (tertiary/aromatic N) is 1. The van der Waals surface area contributed by atoms with E-state index in [9.17, 15) is 10.1 Å². The van der Waals surface area contributed by atoms with Crippen LogP contribution in [0.4, 0.5) is 5.69 Å². The second kappa shape index (κ2) is 10.3. The Morgan fingerprint density at radius 1 is 1.24 bits per heavy atom. The number of amides is 1. The largest absolute Gasteiger partial charge is 0.488 e. The molecule has 8 heteroatoms. The lowest BCUT2D eigenvalue weighted by molar-refractivity contribution is -0.116. The van der Waals surface area contributed by atoms with Gasteiger partial charge in [-0.05, 0) is 76.5 Å². The molecular weight excluding hydrogens is 522 g/mol. The van der Waals surface area contributed by atoms with Gasteiger partial charge in [-0.15, -0.1) is 0 Å². The summed E-state index contributed by atoms with van der Waals surface area (Å²) in [6.45, 7) is 2.25. The molecular formula is C25H19BrClN3O2S. The topological polar surface area (TPSA) is 74.2 Å². The lowest BCUT2D eigenvalue weighted by Crippen LogP contribution is -2.31. The highest BCUT2D eigenvalue weighted by molar-refractivity contribution is 9.10. The van der Waals surface area contributed by atoms with E-state index >= 15 is 0 Å². The van der Waals surface area contributed by atoms with Gasteiger partial charge in [0, 0.05) is 16.3 Å². The van der Waals surface area contributed by atoms with E-state index in [4.69, 9.17) is 16.3 Å². The van der Waals surface area contributed by atoms with Gasteiger partial charge in [0.2, 0.25) is 0 Å². The molecule has 3 aromatic carbocycles. The quantitative estimate of drug-likeness (QED) is 0.351. The summed E-state index contributed by atoms with van der Waals surface area (Å²) >= 11 is 11.0. The SMILES string of the molecule is Cc1cc(Cl)ccc1NC1NC(=O)/C(=C/c2ccc(OCc3ccccc3C#N)c(Br)c2)S1. The zero-order valence-electron chi connectivity index (χ0n) is 17.6. The van der Waals surface area contributed by atoms with E-state index in [1.54, 1.807) is 6.07 Å². The van der Waals surface area contributed by atoms with Crippen molar-refractivity contribution >= 4 is 57.0 Å². The van der Waals surface area contributed by atoms with Crippen LogP contribution in [0.15, 0.2) is 70.0 Å². The van der Waals surface area contributed by atoms with Gasteiger partial charge in [0.15, 0.2) is 5.50 Å². The molecule has 1 unspecified atom stereocenters. The molecule has 0 bridgehead atoms. The first-order chi connectivity index (χ1) is 15.9. The van der Waals surface area contributed by atoms with Crippen LogP contribution in [0.5, 0.6) is 5.75 Å². The highest BCUT2D eigenvalue weighted by Gasteiger charge is 2.27. The zero-order chi connectivity index (χ0) is 23.4. The van der Waals surface area contributed by atoms with Crippen molar-refractivity contribution in [1.82, 2.24) is 5.32 Å². The predicted octanol–water partition coefficient (Wildman–Crippen LogP) is 6.46. The summed E-state index contributed by atoms with van der Waals surface area (Å²) in [7, 11) is 0. The van der Waals surface area contributed by atoms with Gasteiger partial charge in [0.05, 0.1) is 21.0 Å². The molecule has 3 aromatic rings. The molecule has 1 atom stereocenters. The molecule has 1 amide bonds. The van der Waals surface area contributed by atoms with Gasteiger partial charge in [0.25, 0.3) is 5.91 Å². The van der Waals surface area contributed by atoms with Crippen molar-refractivity contribution in [3.63, 3.8) is 0 Å². The first-order valence-electron chi connectivity index (χ1n) is 10.0. The van der Waals surface area contributed by atoms with Crippen molar-refractivity contribution in [2.24, 2.45) is 0 Å². The number of hydrogen-bond acceptors (Lipinski definition) is 5. The standard InChI is InChI=1S/C25H19BrClN3O2S/c1-15-10-19(27)7-8-21(15)29-25-30-24(31)23(33-25)12-16-6-9-22(20(26)11-16)32-14-18-5-3-2-4-17(18)13-28/h2-12,25,29H,14H2,1H3,(H,30,31)/b23-12-. The fourth-order valence-corrected chi connectivity index (χ4v) is 5.00. The molecule has 5 nitrogen and oxygen atoms in total. The molecule has 4 rings (SSSR count). The number of halogens is 2. The van der Waals surface area contributed by atoms with Crippen molar-refractivity contribution in [2.75, 3.05) is 5.32 Å². The number of nitrogens with one attached hydrogen (secondary N) is 2. The maximum Gasteiger partial charge on any atom is 0.260 e. The van der Waals surface area contributed by atoms with Gasteiger partial charge in [-0.25, -0.2) is 0 Å². The molecule has 0 aromatic heterocycles. The highest BCUT2D eigenvalue weighted by atomic mass is 79.9. The van der Waals surface area contributed by atoms with Crippen LogP contribution in [0.3, 0.4) is 0 Å². The number of ether oxygens (including phenoxy) is 1. The number of benzene rings is 3. The van der Waals surface area contributed by atoms with Gasteiger partial charge in [-0.1, -0.05) is 47.6 Å². The van der Waals surface area contributed by atoms with E-state index in [1.807, 2.05) is 67.6 Å². The summed E-state index contributed by atoms with van der Waals surface area (Å²) in [6.07, 6.45) is 1.84. The van der Waals surface area contributed by atoms with E-state index in [-0.39, 0.29) is 11.4 Å². The van der Waals surface area contributed by atoms with Crippen molar-refractivity contribution in [2.45, 2.75) is 19.0 Å². The Bertz CT molecular complexity index is 1290. The van der Waals surface area contributed by atoms with E-state index in [0.717, 1.165) is 26.9 Å². The normalized spacial score (nSPS) is 16.4. The predicted molar refractivity (Wildman–Crippen MR) is 137 cm³/mol. The Hall–Kier alpha value is -2.92. The minimum Gasteiger partial charge on any atom is -0.488 e. The minimum atomic E-state index is -0.269. The summed E-state index contributed by atoms with van der Waals surface area (Å²) in [4.78, 5) is 13.1. The van der Waals surface area contributed by atoms with Crippen molar-refractivity contribution in [3.8, 4) is 11.8 Å². The van der Waals surface area contributed by atoms with E-state index in [2.05, 4.69) is 32.6 Å². The fourth-order valence-electron chi connectivity index (χ4n) is 3.28. The fraction of sp³-hybridized carbons (Fsp3) is 0.120. The second-order valence-corrected chi connectivity index (χ2v) is 9.77. The van der Waals surface area contributed by atoms with E-state index in [0.29, 0.717) is 27.8 Å². The van der Waals surface area contributed by atoms with Crippen molar-refractivity contribution < 1.29 is 9.53 Å². The molecule has 1 aliphatic heterocycles. The molecule has 1 aliphatic rings. The molecule has 1 saturated heterocycles. The van der Waals surface area contributed by atoms with Crippen LogP contribution in [-0.4, -0.2) is 11.4 Å². The number of nitriles is 1.